The number of aromatic nitrogens is 2. The van der Waals surface area contributed by atoms with Gasteiger partial charge in [-0.25, -0.2) is 0 Å². The van der Waals surface area contributed by atoms with E-state index >= 15 is 0 Å². The number of ketones is 1. The highest BCUT2D eigenvalue weighted by molar-refractivity contribution is 6.00. The van der Waals surface area contributed by atoms with Gasteiger partial charge in [0.25, 0.3) is 5.56 Å². The van der Waals surface area contributed by atoms with Gasteiger partial charge in [0.2, 0.25) is 0 Å². The SMILES string of the molecule is CCOc1ccc([C@H]2C3=C(CCCC3=O)Nc3[nH][nH]c(=O)c32)cc1. The van der Waals surface area contributed by atoms with Crippen LogP contribution in [0.2, 0.25) is 0 Å². The number of fused-ring (bicyclic) bond motifs is 1. The average Bonchev–Trinajstić information content (AvgIpc) is 2.95. The maximum Gasteiger partial charge on any atom is 0.270 e. The van der Waals surface area contributed by atoms with E-state index in [1.54, 1.807) is 0 Å². The molecule has 1 aromatic carbocycles. The number of Topliss-reactive ketones (excluding diaryl/α,β-unsaturated/α-hetero) is 1. The second-order valence-electron chi connectivity index (χ2n) is 6.10. The molecule has 1 aliphatic heterocycles. The quantitative estimate of drug-likeness (QED) is 0.810. The van der Waals surface area contributed by atoms with Gasteiger partial charge in [-0.3, -0.25) is 19.8 Å². The number of aromatic amines is 2. The molecule has 0 saturated carbocycles. The second-order valence-corrected chi connectivity index (χ2v) is 6.10. The van der Waals surface area contributed by atoms with Crippen LogP contribution in [0.3, 0.4) is 0 Å². The molecule has 0 fully saturated rings. The van der Waals surface area contributed by atoms with Crippen molar-refractivity contribution in [2.24, 2.45) is 0 Å². The van der Waals surface area contributed by atoms with Gasteiger partial charge < -0.3 is 10.1 Å². The van der Waals surface area contributed by atoms with Gasteiger partial charge in [-0.2, -0.15) is 0 Å². The molecule has 6 nitrogen and oxygen atoms in total. The van der Waals surface area contributed by atoms with E-state index in [4.69, 9.17) is 4.74 Å². The lowest BCUT2D eigenvalue weighted by Crippen LogP contribution is -2.29. The molecule has 0 unspecified atom stereocenters. The third kappa shape index (κ3) is 2.26. The van der Waals surface area contributed by atoms with Crippen LogP contribution in [0.15, 0.2) is 40.3 Å². The fourth-order valence-corrected chi connectivity index (χ4v) is 3.62. The lowest BCUT2D eigenvalue weighted by molar-refractivity contribution is -0.116. The molecule has 0 bridgehead atoms. The molecule has 1 aromatic heterocycles. The van der Waals surface area contributed by atoms with Crippen molar-refractivity contribution in [3.05, 3.63) is 57.0 Å². The maximum atomic E-state index is 12.6. The van der Waals surface area contributed by atoms with Gasteiger partial charge in [0.15, 0.2) is 5.78 Å². The van der Waals surface area contributed by atoms with Crippen molar-refractivity contribution in [1.82, 2.24) is 10.2 Å². The van der Waals surface area contributed by atoms with Gasteiger partial charge in [0.1, 0.15) is 11.6 Å². The molecule has 2 aromatic rings. The smallest absolute Gasteiger partial charge is 0.270 e. The van der Waals surface area contributed by atoms with Crippen molar-refractivity contribution in [3.63, 3.8) is 0 Å². The molecule has 2 aliphatic rings. The Morgan fingerprint density at radius 1 is 1.12 bits per heavy atom. The largest absolute Gasteiger partial charge is 0.494 e. The van der Waals surface area contributed by atoms with Crippen molar-refractivity contribution in [3.8, 4) is 5.75 Å². The molecule has 124 valence electrons. The van der Waals surface area contributed by atoms with E-state index < -0.39 is 0 Å². The highest BCUT2D eigenvalue weighted by atomic mass is 16.5. The minimum absolute atomic E-state index is 0.119. The zero-order chi connectivity index (χ0) is 16.7. The van der Waals surface area contributed by atoms with E-state index in [1.165, 1.54) is 0 Å². The summed E-state index contributed by atoms with van der Waals surface area (Å²) in [6.45, 7) is 2.53. The van der Waals surface area contributed by atoms with Crippen molar-refractivity contribution in [2.45, 2.75) is 32.1 Å². The Kier molecular flexibility index (Phi) is 3.52. The topological polar surface area (TPSA) is 87.0 Å². The highest BCUT2D eigenvalue weighted by Crippen LogP contribution is 2.43. The first-order valence-electron chi connectivity index (χ1n) is 8.25. The maximum absolute atomic E-state index is 12.6. The highest BCUT2D eigenvalue weighted by Gasteiger charge is 2.37. The number of hydrogen-bond donors (Lipinski definition) is 3. The van der Waals surface area contributed by atoms with Gasteiger partial charge in [-0.05, 0) is 37.5 Å². The normalized spacial score (nSPS) is 19.5. The molecule has 1 aliphatic carbocycles. The fourth-order valence-electron chi connectivity index (χ4n) is 3.62. The molecule has 0 radical (unpaired) electrons. The Balaban J connectivity index is 1.86. The second kappa shape index (κ2) is 5.70. The number of allylic oxidation sites excluding steroid dienone is 2. The number of rotatable bonds is 3. The van der Waals surface area contributed by atoms with Crippen LogP contribution >= 0.6 is 0 Å². The number of ether oxygens (including phenoxy) is 1. The number of benzene rings is 1. The number of anilines is 1. The molecule has 3 N–H and O–H groups in total. The standard InChI is InChI=1S/C18H19N3O3/c1-2-24-11-8-6-10(7-9-11)14-15-12(4-3-5-13(15)22)19-17-16(14)18(23)21-20-17/h6-9,14H,2-5H2,1H3,(H3,19,20,21,23)/t14-/m0/s1. The molecular weight excluding hydrogens is 306 g/mol. The molecule has 0 amide bonds. The molecule has 0 spiro atoms. The summed E-state index contributed by atoms with van der Waals surface area (Å²) in [6.07, 6.45) is 2.19. The van der Waals surface area contributed by atoms with Crippen LogP contribution in [-0.2, 0) is 4.79 Å². The summed E-state index contributed by atoms with van der Waals surface area (Å²) in [5.74, 6) is 1.22. The predicted molar refractivity (Wildman–Crippen MR) is 90.4 cm³/mol. The van der Waals surface area contributed by atoms with Gasteiger partial charge in [0, 0.05) is 23.6 Å². The monoisotopic (exact) mass is 325 g/mol. The van der Waals surface area contributed by atoms with E-state index in [-0.39, 0.29) is 17.3 Å². The molecule has 0 saturated heterocycles. The zero-order valence-electron chi connectivity index (χ0n) is 13.4. The Labute approximate surface area is 138 Å². The van der Waals surface area contributed by atoms with Crippen molar-refractivity contribution < 1.29 is 9.53 Å². The average molecular weight is 325 g/mol. The molecule has 4 rings (SSSR count). The fraction of sp³-hybridized carbons (Fsp3) is 0.333. The van der Waals surface area contributed by atoms with Crippen LogP contribution in [0, 0.1) is 0 Å². The summed E-state index contributed by atoms with van der Waals surface area (Å²) in [7, 11) is 0. The minimum Gasteiger partial charge on any atom is -0.494 e. The summed E-state index contributed by atoms with van der Waals surface area (Å²) in [5, 5.41) is 8.74. The summed E-state index contributed by atoms with van der Waals surface area (Å²) >= 11 is 0. The van der Waals surface area contributed by atoms with E-state index in [2.05, 4.69) is 15.5 Å². The van der Waals surface area contributed by atoms with E-state index in [1.807, 2.05) is 31.2 Å². The first-order chi connectivity index (χ1) is 11.7. The number of carbonyl (C=O) groups excluding carboxylic acids is 1. The summed E-state index contributed by atoms with van der Waals surface area (Å²) in [5.41, 5.74) is 2.96. The van der Waals surface area contributed by atoms with Crippen molar-refractivity contribution in [2.75, 3.05) is 11.9 Å². The zero-order valence-corrected chi connectivity index (χ0v) is 13.4. The lowest BCUT2D eigenvalue weighted by atomic mass is 9.77. The Morgan fingerprint density at radius 2 is 1.92 bits per heavy atom. The summed E-state index contributed by atoms with van der Waals surface area (Å²) in [4.78, 5) is 24.9. The number of carbonyl (C=O) groups is 1. The number of H-pyrrole nitrogens is 2. The van der Waals surface area contributed by atoms with Crippen LogP contribution in [0.1, 0.15) is 43.2 Å². The van der Waals surface area contributed by atoms with Gasteiger partial charge >= 0.3 is 0 Å². The van der Waals surface area contributed by atoms with E-state index in [0.29, 0.717) is 24.4 Å². The third-order valence-corrected chi connectivity index (χ3v) is 4.65. The molecule has 6 heteroatoms. The Morgan fingerprint density at radius 3 is 2.67 bits per heavy atom. The Bertz CT molecular complexity index is 874. The predicted octanol–water partition coefficient (Wildman–Crippen LogP) is 2.67. The first-order valence-corrected chi connectivity index (χ1v) is 8.25. The molecule has 24 heavy (non-hydrogen) atoms. The van der Waals surface area contributed by atoms with Crippen molar-refractivity contribution >= 4 is 11.6 Å². The van der Waals surface area contributed by atoms with E-state index in [0.717, 1.165) is 35.4 Å². The van der Waals surface area contributed by atoms with Crippen LogP contribution in [0.5, 0.6) is 5.75 Å². The van der Waals surface area contributed by atoms with Gasteiger partial charge in [0.05, 0.1) is 12.2 Å². The van der Waals surface area contributed by atoms with E-state index in [9.17, 15) is 9.59 Å². The number of nitrogens with one attached hydrogen (secondary N) is 3. The molecule has 1 atom stereocenters. The van der Waals surface area contributed by atoms with Crippen LogP contribution in [-0.4, -0.2) is 22.6 Å². The van der Waals surface area contributed by atoms with Crippen LogP contribution < -0.4 is 15.6 Å². The lowest BCUT2D eigenvalue weighted by Gasteiger charge is -2.31. The summed E-state index contributed by atoms with van der Waals surface area (Å²) < 4.78 is 5.49. The molecule has 2 heterocycles. The minimum atomic E-state index is -0.338. The summed E-state index contributed by atoms with van der Waals surface area (Å²) in [6, 6.07) is 7.64. The first kappa shape index (κ1) is 14.8. The van der Waals surface area contributed by atoms with Crippen LogP contribution in [0.4, 0.5) is 5.82 Å². The van der Waals surface area contributed by atoms with Gasteiger partial charge in [-0.15, -0.1) is 0 Å². The van der Waals surface area contributed by atoms with Crippen LogP contribution in [0.25, 0.3) is 0 Å². The Hall–Kier alpha value is -2.76. The van der Waals surface area contributed by atoms with Gasteiger partial charge in [-0.1, -0.05) is 12.1 Å². The third-order valence-electron chi connectivity index (χ3n) is 4.65. The number of hydrogen-bond acceptors (Lipinski definition) is 4. The molecular formula is C18H19N3O3. The van der Waals surface area contributed by atoms with Crippen molar-refractivity contribution in [1.29, 1.82) is 0 Å².